The van der Waals surface area contributed by atoms with Crippen molar-refractivity contribution < 1.29 is 0 Å². The van der Waals surface area contributed by atoms with Gasteiger partial charge in [0, 0.05) is 11.6 Å². The number of para-hydroxylation sites is 1. The number of aryl methyl sites for hydroxylation is 1. The highest BCUT2D eigenvalue weighted by atomic mass is 35.5. The maximum Gasteiger partial charge on any atom is 0.258 e. The van der Waals surface area contributed by atoms with Gasteiger partial charge in [0.1, 0.15) is 5.82 Å². The molecule has 4 rings (SSSR count). The van der Waals surface area contributed by atoms with Gasteiger partial charge in [0.2, 0.25) is 0 Å². The molecule has 0 radical (unpaired) electrons. The molecule has 7 heteroatoms. The highest BCUT2D eigenvalue weighted by molar-refractivity contribution is 7.99. The van der Waals surface area contributed by atoms with Gasteiger partial charge in [0.25, 0.3) is 5.56 Å². The smallest absolute Gasteiger partial charge is 0.258 e. The number of benzene rings is 2. The summed E-state index contributed by atoms with van der Waals surface area (Å²) in [7, 11) is 0. The highest BCUT2D eigenvalue weighted by Crippen LogP contribution is 2.35. The van der Waals surface area contributed by atoms with Crippen molar-refractivity contribution in [3.05, 3.63) is 63.7 Å². The SMILES string of the molecule is CCCn1c(S[C@@H](C)c2nc3ccccc3c(=O)[nH]2)nc2cc(Cl)ccc21. The van der Waals surface area contributed by atoms with Crippen LogP contribution in [-0.4, -0.2) is 19.5 Å². The quantitative estimate of drug-likeness (QED) is 0.470. The number of aromatic nitrogens is 4. The Hall–Kier alpha value is -2.31. The van der Waals surface area contributed by atoms with Gasteiger partial charge in [0.05, 0.1) is 27.2 Å². The van der Waals surface area contributed by atoms with Crippen LogP contribution in [0.2, 0.25) is 5.02 Å². The van der Waals surface area contributed by atoms with Crippen LogP contribution in [0.4, 0.5) is 0 Å². The predicted molar refractivity (Wildman–Crippen MR) is 112 cm³/mol. The molecule has 2 aromatic heterocycles. The van der Waals surface area contributed by atoms with Crippen molar-refractivity contribution in [1.82, 2.24) is 19.5 Å². The lowest BCUT2D eigenvalue weighted by molar-refractivity contribution is 0.637. The van der Waals surface area contributed by atoms with Crippen LogP contribution in [0, 0.1) is 0 Å². The van der Waals surface area contributed by atoms with E-state index in [9.17, 15) is 4.79 Å². The van der Waals surface area contributed by atoms with Gasteiger partial charge in [-0.15, -0.1) is 0 Å². The van der Waals surface area contributed by atoms with Gasteiger partial charge in [0.15, 0.2) is 5.16 Å². The maximum absolute atomic E-state index is 12.4. The fraction of sp³-hybridized carbons (Fsp3) is 0.250. The van der Waals surface area contributed by atoms with E-state index in [2.05, 4.69) is 21.5 Å². The number of nitrogens with one attached hydrogen (secondary N) is 1. The van der Waals surface area contributed by atoms with E-state index in [0.29, 0.717) is 21.7 Å². The molecule has 0 fully saturated rings. The standard InChI is InChI=1S/C20H19ClN4OS/c1-3-10-25-17-9-8-13(21)11-16(17)23-20(25)27-12(2)18-22-15-7-5-4-6-14(15)19(26)24-18/h4-9,11-12H,3,10H2,1-2H3,(H,22,24,26)/t12-/m0/s1. The molecule has 0 amide bonds. The molecular weight excluding hydrogens is 380 g/mol. The van der Waals surface area contributed by atoms with E-state index in [-0.39, 0.29) is 10.8 Å². The minimum atomic E-state index is -0.114. The Morgan fingerprint density at radius 2 is 2.00 bits per heavy atom. The molecule has 2 heterocycles. The molecule has 0 bridgehead atoms. The van der Waals surface area contributed by atoms with E-state index < -0.39 is 0 Å². The second-order valence-electron chi connectivity index (χ2n) is 6.41. The molecule has 27 heavy (non-hydrogen) atoms. The highest BCUT2D eigenvalue weighted by Gasteiger charge is 2.18. The number of H-pyrrole nitrogens is 1. The van der Waals surface area contributed by atoms with Crippen molar-refractivity contribution in [1.29, 1.82) is 0 Å². The number of imidazole rings is 1. The summed E-state index contributed by atoms with van der Waals surface area (Å²) in [5.41, 5.74) is 2.54. The first-order chi connectivity index (χ1) is 13.1. The topological polar surface area (TPSA) is 63.6 Å². The summed E-state index contributed by atoms with van der Waals surface area (Å²) in [6.07, 6.45) is 1.00. The average Bonchev–Trinajstić information content (AvgIpc) is 2.98. The molecule has 138 valence electrons. The molecule has 5 nitrogen and oxygen atoms in total. The third-order valence-electron chi connectivity index (χ3n) is 4.42. The first-order valence-corrected chi connectivity index (χ1v) is 10.1. The number of fused-ring (bicyclic) bond motifs is 2. The Kier molecular flexibility index (Phi) is 4.93. The summed E-state index contributed by atoms with van der Waals surface area (Å²) in [6, 6.07) is 13.2. The van der Waals surface area contributed by atoms with E-state index in [4.69, 9.17) is 16.6 Å². The van der Waals surface area contributed by atoms with E-state index in [0.717, 1.165) is 29.2 Å². The van der Waals surface area contributed by atoms with Gasteiger partial charge in [-0.05, 0) is 43.7 Å². The van der Waals surface area contributed by atoms with Gasteiger partial charge < -0.3 is 9.55 Å². The zero-order chi connectivity index (χ0) is 19.0. The van der Waals surface area contributed by atoms with Crippen LogP contribution in [-0.2, 0) is 6.54 Å². The number of hydrogen-bond donors (Lipinski definition) is 1. The normalized spacial score (nSPS) is 12.7. The molecule has 1 atom stereocenters. The molecule has 0 spiro atoms. The Labute approximate surface area is 165 Å². The van der Waals surface area contributed by atoms with E-state index in [1.54, 1.807) is 17.8 Å². The summed E-state index contributed by atoms with van der Waals surface area (Å²) < 4.78 is 2.20. The van der Waals surface area contributed by atoms with Crippen LogP contribution in [0.5, 0.6) is 0 Å². The molecule has 0 unspecified atom stereocenters. The third kappa shape index (κ3) is 3.47. The third-order valence-corrected chi connectivity index (χ3v) is 5.76. The van der Waals surface area contributed by atoms with Gasteiger partial charge in [-0.2, -0.15) is 0 Å². The number of aromatic amines is 1. The fourth-order valence-electron chi connectivity index (χ4n) is 3.12. The van der Waals surface area contributed by atoms with Crippen molar-refractivity contribution in [2.75, 3.05) is 0 Å². The number of halogens is 1. The second-order valence-corrected chi connectivity index (χ2v) is 8.15. The van der Waals surface area contributed by atoms with E-state index in [1.807, 2.05) is 43.3 Å². The van der Waals surface area contributed by atoms with Crippen molar-refractivity contribution in [3.63, 3.8) is 0 Å². The van der Waals surface area contributed by atoms with E-state index in [1.165, 1.54) is 0 Å². The molecule has 0 aliphatic heterocycles. The zero-order valence-electron chi connectivity index (χ0n) is 15.1. The predicted octanol–water partition coefficient (Wildman–Crippen LogP) is 5.19. The van der Waals surface area contributed by atoms with Gasteiger partial charge in [-0.1, -0.05) is 42.4 Å². The first kappa shape index (κ1) is 18.1. The van der Waals surface area contributed by atoms with Crippen molar-refractivity contribution in [2.24, 2.45) is 0 Å². The van der Waals surface area contributed by atoms with Crippen LogP contribution in [0.15, 0.2) is 52.4 Å². The number of thioether (sulfide) groups is 1. The zero-order valence-corrected chi connectivity index (χ0v) is 16.6. The molecule has 0 aliphatic rings. The minimum Gasteiger partial charge on any atom is -0.319 e. The maximum atomic E-state index is 12.4. The van der Waals surface area contributed by atoms with Crippen LogP contribution in [0.1, 0.15) is 31.3 Å². The summed E-state index contributed by atoms with van der Waals surface area (Å²) in [6.45, 7) is 5.04. The number of hydrogen-bond acceptors (Lipinski definition) is 4. The molecule has 0 saturated carbocycles. The average molecular weight is 399 g/mol. The molecule has 4 aromatic rings. The molecule has 1 N–H and O–H groups in total. The first-order valence-electron chi connectivity index (χ1n) is 8.88. The van der Waals surface area contributed by atoms with Crippen molar-refractivity contribution >= 4 is 45.3 Å². The Bertz CT molecular complexity index is 1180. The lowest BCUT2D eigenvalue weighted by atomic mass is 10.2. The Morgan fingerprint density at radius 3 is 2.81 bits per heavy atom. The lowest BCUT2D eigenvalue weighted by Gasteiger charge is -2.12. The summed E-state index contributed by atoms with van der Waals surface area (Å²) in [5, 5.41) is 2.13. The Morgan fingerprint density at radius 1 is 1.19 bits per heavy atom. The molecular formula is C20H19ClN4OS. The lowest BCUT2D eigenvalue weighted by Crippen LogP contribution is -2.13. The van der Waals surface area contributed by atoms with Crippen LogP contribution < -0.4 is 5.56 Å². The van der Waals surface area contributed by atoms with E-state index >= 15 is 0 Å². The summed E-state index contributed by atoms with van der Waals surface area (Å²) in [5.74, 6) is 0.650. The van der Waals surface area contributed by atoms with Crippen molar-refractivity contribution in [2.45, 2.75) is 37.2 Å². The second kappa shape index (κ2) is 7.37. The molecule has 0 aliphatic carbocycles. The fourth-order valence-corrected chi connectivity index (χ4v) is 4.30. The summed E-state index contributed by atoms with van der Waals surface area (Å²) >= 11 is 7.71. The molecule has 2 aromatic carbocycles. The van der Waals surface area contributed by atoms with Gasteiger partial charge in [-0.25, -0.2) is 9.97 Å². The largest absolute Gasteiger partial charge is 0.319 e. The molecule has 0 saturated heterocycles. The Balaban J connectivity index is 1.73. The summed E-state index contributed by atoms with van der Waals surface area (Å²) in [4.78, 5) is 24.7. The van der Waals surface area contributed by atoms with Gasteiger partial charge >= 0.3 is 0 Å². The number of nitrogens with zero attached hydrogens (tertiary/aromatic N) is 3. The van der Waals surface area contributed by atoms with Crippen molar-refractivity contribution in [3.8, 4) is 0 Å². The minimum absolute atomic E-state index is 0.0507. The van der Waals surface area contributed by atoms with Crippen LogP contribution in [0.3, 0.4) is 0 Å². The van der Waals surface area contributed by atoms with Crippen LogP contribution >= 0.6 is 23.4 Å². The monoisotopic (exact) mass is 398 g/mol. The number of rotatable bonds is 5. The van der Waals surface area contributed by atoms with Crippen LogP contribution in [0.25, 0.3) is 21.9 Å². The van der Waals surface area contributed by atoms with Gasteiger partial charge in [-0.3, -0.25) is 4.79 Å².